The first-order valence-corrected chi connectivity index (χ1v) is 9.90. The van der Waals surface area contributed by atoms with Gasteiger partial charge in [-0.15, -0.1) is 0 Å². The second kappa shape index (κ2) is 8.28. The van der Waals surface area contributed by atoms with Crippen LogP contribution in [0, 0.1) is 31.6 Å². The molecule has 0 bridgehead atoms. The molecule has 7 heteroatoms. The summed E-state index contributed by atoms with van der Waals surface area (Å²) in [7, 11) is 1.66. The number of hydrogen-bond acceptors (Lipinski definition) is 4. The molecular formula is C20H21AtN2O4. The summed E-state index contributed by atoms with van der Waals surface area (Å²) >= 11 is 1.52. The van der Waals surface area contributed by atoms with Gasteiger partial charge in [0.2, 0.25) is 0 Å². The predicted octanol–water partition coefficient (Wildman–Crippen LogP) is 2.19. The van der Waals surface area contributed by atoms with Gasteiger partial charge in [-0.05, 0) is 0 Å². The van der Waals surface area contributed by atoms with Crippen LogP contribution in [0.15, 0.2) is 36.5 Å². The predicted molar refractivity (Wildman–Crippen MR) is 99.3 cm³/mol. The van der Waals surface area contributed by atoms with E-state index < -0.39 is 12.0 Å². The van der Waals surface area contributed by atoms with E-state index in [0.717, 1.165) is 42.4 Å². The van der Waals surface area contributed by atoms with Gasteiger partial charge >= 0.3 is 173 Å². The standard InChI is InChI=1S/C20H21AtN2O4/c1-11-5-12(3-4-18(11)26-2)10-27-14-7-15(21)19-13(6-16(22)20(24)25)9-23-17(19)8-14/h3-5,7-9,16,23H,6,10,22H2,1-2H3,(H,24,25)/t16-/m0/s1. The van der Waals surface area contributed by atoms with Gasteiger partial charge in [0.25, 0.3) is 0 Å². The summed E-state index contributed by atoms with van der Waals surface area (Å²) in [4.78, 5) is 14.2. The van der Waals surface area contributed by atoms with Crippen LogP contribution in [-0.4, -0.2) is 29.2 Å². The first-order chi connectivity index (χ1) is 12.9. The van der Waals surface area contributed by atoms with Gasteiger partial charge in [0.05, 0.1) is 0 Å². The Kier molecular flexibility index (Phi) is 6.02. The van der Waals surface area contributed by atoms with E-state index in [1.807, 2.05) is 43.5 Å². The average molecular weight is 563 g/mol. The van der Waals surface area contributed by atoms with Crippen molar-refractivity contribution in [2.45, 2.75) is 26.0 Å². The fourth-order valence-corrected chi connectivity index (χ4v) is 4.31. The van der Waals surface area contributed by atoms with Crippen molar-refractivity contribution in [3.8, 4) is 11.5 Å². The van der Waals surface area contributed by atoms with E-state index in [2.05, 4.69) is 4.98 Å². The fraction of sp³-hybridized carbons (Fsp3) is 0.250. The minimum absolute atomic E-state index is 0.288. The maximum atomic E-state index is 11.0. The number of carboxylic acids is 1. The number of methoxy groups -OCH3 is 1. The molecule has 2 aromatic carbocycles. The molecule has 0 fully saturated rings. The number of hydrogen-bond donors (Lipinski definition) is 3. The molecule has 0 saturated carbocycles. The molecule has 142 valence electrons. The number of aliphatic carboxylic acids is 1. The fourth-order valence-electron chi connectivity index (χ4n) is 3.02. The van der Waals surface area contributed by atoms with Crippen LogP contribution < -0.4 is 18.5 Å². The first kappa shape index (κ1) is 19.6. The molecule has 0 aliphatic rings. The quantitative estimate of drug-likeness (QED) is 0.410. The number of aromatic amines is 1. The molecule has 1 heterocycles. The summed E-state index contributed by atoms with van der Waals surface area (Å²) in [5, 5.41) is 10.1. The molecule has 1 aromatic heterocycles. The maximum absolute atomic E-state index is 11.0. The molecule has 3 aromatic rings. The van der Waals surface area contributed by atoms with Crippen LogP contribution in [-0.2, 0) is 17.8 Å². The van der Waals surface area contributed by atoms with Gasteiger partial charge in [-0.1, -0.05) is 0 Å². The Balaban J connectivity index is 1.78. The van der Waals surface area contributed by atoms with Gasteiger partial charge in [0.15, 0.2) is 0 Å². The third-order valence-electron chi connectivity index (χ3n) is 4.41. The summed E-state index contributed by atoms with van der Waals surface area (Å²) in [6, 6.07) is 8.98. The number of aryl methyl sites for hydroxylation is 1. The number of H-pyrrole nitrogens is 1. The van der Waals surface area contributed by atoms with Crippen molar-refractivity contribution in [1.29, 1.82) is 0 Å². The monoisotopic (exact) mass is 563 g/mol. The number of ether oxygens (including phenoxy) is 2. The summed E-state index contributed by atoms with van der Waals surface area (Å²) in [5.74, 6) is 0.628. The molecule has 4 N–H and O–H groups in total. The Morgan fingerprint density at radius 3 is 2.78 bits per heavy atom. The number of nitrogens with one attached hydrogen (secondary N) is 1. The zero-order chi connectivity index (χ0) is 19.6. The zero-order valence-electron chi connectivity index (χ0n) is 15.1. The summed E-state index contributed by atoms with van der Waals surface area (Å²) in [6.07, 6.45) is 2.11. The molecule has 0 spiro atoms. The second-order valence-electron chi connectivity index (χ2n) is 6.38. The third-order valence-corrected chi connectivity index (χ3v) is 5.57. The Morgan fingerprint density at radius 2 is 2.11 bits per heavy atom. The van der Waals surface area contributed by atoms with Crippen molar-refractivity contribution in [2.24, 2.45) is 5.73 Å². The van der Waals surface area contributed by atoms with Crippen molar-refractivity contribution >= 4 is 20.1 Å². The van der Waals surface area contributed by atoms with Gasteiger partial charge < -0.3 is 0 Å². The molecule has 0 saturated heterocycles. The number of rotatable bonds is 7. The van der Waals surface area contributed by atoms with E-state index in [-0.39, 0.29) is 6.42 Å². The van der Waals surface area contributed by atoms with Crippen molar-refractivity contribution in [2.75, 3.05) is 7.11 Å². The number of fused-ring (bicyclic) bond motifs is 1. The molecule has 0 amide bonds. The van der Waals surface area contributed by atoms with Gasteiger partial charge in [-0.25, -0.2) is 0 Å². The Labute approximate surface area is 172 Å². The summed E-state index contributed by atoms with van der Waals surface area (Å²) in [6.45, 7) is 2.46. The van der Waals surface area contributed by atoms with Crippen molar-refractivity contribution in [3.63, 3.8) is 0 Å². The Bertz CT molecular complexity index is 984. The van der Waals surface area contributed by atoms with E-state index in [1.165, 1.54) is 24.7 Å². The molecule has 0 unspecified atom stereocenters. The van der Waals surface area contributed by atoms with E-state index in [9.17, 15) is 4.79 Å². The summed E-state index contributed by atoms with van der Waals surface area (Å²) < 4.78 is 12.3. The van der Waals surface area contributed by atoms with Crippen LogP contribution in [0.5, 0.6) is 11.5 Å². The van der Waals surface area contributed by atoms with E-state index in [4.69, 9.17) is 20.3 Å². The molecule has 6 nitrogen and oxygen atoms in total. The van der Waals surface area contributed by atoms with Crippen LogP contribution in [0.1, 0.15) is 16.7 Å². The van der Waals surface area contributed by atoms with Crippen LogP contribution in [0.25, 0.3) is 10.9 Å². The van der Waals surface area contributed by atoms with Gasteiger partial charge in [-0.2, -0.15) is 0 Å². The van der Waals surface area contributed by atoms with Gasteiger partial charge in [-0.3, -0.25) is 0 Å². The number of aromatic nitrogens is 1. The molecule has 0 aliphatic heterocycles. The van der Waals surface area contributed by atoms with E-state index in [1.54, 1.807) is 7.11 Å². The van der Waals surface area contributed by atoms with Crippen molar-refractivity contribution in [1.82, 2.24) is 4.98 Å². The molecule has 1 atom stereocenters. The van der Waals surface area contributed by atoms with E-state index >= 15 is 0 Å². The van der Waals surface area contributed by atoms with Crippen LogP contribution in [0.4, 0.5) is 0 Å². The number of nitrogens with two attached hydrogens (primary N) is 1. The summed E-state index contributed by atoms with van der Waals surface area (Å²) in [5.41, 5.74) is 9.64. The van der Waals surface area contributed by atoms with Crippen molar-refractivity contribution < 1.29 is 44.1 Å². The Hall–Kier alpha value is -2.11. The molecule has 3 rings (SSSR count). The van der Waals surface area contributed by atoms with Crippen LogP contribution in [0.2, 0.25) is 0 Å². The minimum atomic E-state index is -0.998. The topological polar surface area (TPSA) is 97.6 Å². The van der Waals surface area contributed by atoms with Gasteiger partial charge in [0, 0.05) is 0 Å². The first-order valence-electron chi connectivity index (χ1n) is 8.43. The van der Waals surface area contributed by atoms with E-state index in [0.29, 0.717) is 6.61 Å². The zero-order valence-corrected chi connectivity index (χ0v) is 18.0. The number of carbonyl (C=O) groups is 1. The third kappa shape index (κ3) is 4.42. The van der Waals surface area contributed by atoms with Crippen molar-refractivity contribution in [3.05, 3.63) is 53.2 Å². The number of carboxylic acid groups (broad SMARTS) is 1. The molecule has 27 heavy (non-hydrogen) atoms. The Morgan fingerprint density at radius 1 is 1.33 bits per heavy atom. The SMILES string of the molecule is COc1ccc(COc2cc([At])c3c(C[C@H](N)C(=O)O)c[nH]c3c2)cc1C. The molecule has 0 radical (unpaired) electrons. The van der Waals surface area contributed by atoms with Crippen LogP contribution in [0.3, 0.4) is 0 Å². The number of benzene rings is 2. The molecular weight excluding hydrogens is 542 g/mol. The average Bonchev–Trinajstić information content (AvgIpc) is 3.03. The second-order valence-corrected chi connectivity index (χ2v) is 7.97. The van der Waals surface area contributed by atoms with Gasteiger partial charge in [0.1, 0.15) is 0 Å². The van der Waals surface area contributed by atoms with Crippen LogP contribution >= 0.6 is 0 Å². The molecule has 0 aliphatic carbocycles. The normalized spacial score (nSPS) is 12.1.